The zero-order chi connectivity index (χ0) is 16.1. The predicted molar refractivity (Wildman–Crippen MR) is 72.8 cm³/mol. The Bertz CT molecular complexity index is 304. The molecule has 0 aromatic heterocycles. The molecular formula is C13H27NO6. The van der Waals surface area contributed by atoms with Crippen LogP contribution in [0.25, 0.3) is 0 Å². The Balaban J connectivity index is 4.44. The van der Waals surface area contributed by atoms with E-state index in [2.05, 4.69) is 0 Å². The van der Waals surface area contributed by atoms with E-state index >= 15 is 0 Å². The monoisotopic (exact) mass is 293 g/mol. The largest absolute Gasteiger partial charge is 0.394 e. The normalized spacial score (nSPS) is 18.2. The van der Waals surface area contributed by atoms with Crippen molar-refractivity contribution in [1.29, 1.82) is 0 Å². The first-order chi connectivity index (χ1) is 8.99. The number of likely N-dealkylation sites (N-methyl/N-ethyl adjacent to an activating group) is 1. The molecule has 5 N–H and O–H groups in total. The first kappa shape index (κ1) is 19.3. The fraction of sp³-hybridized carbons (Fsp3) is 0.923. The van der Waals surface area contributed by atoms with Crippen molar-refractivity contribution in [3.05, 3.63) is 0 Å². The van der Waals surface area contributed by atoms with Gasteiger partial charge in [-0.1, -0.05) is 20.8 Å². The van der Waals surface area contributed by atoms with Crippen LogP contribution < -0.4 is 0 Å². The average Bonchev–Trinajstić information content (AvgIpc) is 2.33. The summed E-state index contributed by atoms with van der Waals surface area (Å²) in [5.74, 6) is -0.194. The second kappa shape index (κ2) is 7.90. The van der Waals surface area contributed by atoms with Gasteiger partial charge in [0, 0.05) is 20.0 Å². The Morgan fingerprint density at radius 1 is 1.05 bits per heavy atom. The quantitative estimate of drug-likeness (QED) is 0.382. The number of nitrogens with zero attached hydrogens (tertiary/aromatic N) is 1. The molecule has 0 bridgehead atoms. The molecule has 0 saturated carbocycles. The number of amides is 1. The van der Waals surface area contributed by atoms with Crippen LogP contribution in [-0.4, -0.2) is 81.0 Å². The van der Waals surface area contributed by atoms with Crippen LogP contribution >= 0.6 is 0 Å². The highest BCUT2D eigenvalue weighted by Crippen LogP contribution is 2.19. The van der Waals surface area contributed by atoms with Crippen LogP contribution in [0.1, 0.15) is 27.2 Å². The van der Waals surface area contributed by atoms with Crippen molar-refractivity contribution in [3.63, 3.8) is 0 Å². The Morgan fingerprint density at radius 3 is 1.90 bits per heavy atom. The highest BCUT2D eigenvalue weighted by atomic mass is 16.4. The second-order valence-corrected chi connectivity index (χ2v) is 6.31. The molecule has 0 saturated heterocycles. The summed E-state index contributed by atoms with van der Waals surface area (Å²) in [6, 6.07) is 0. The van der Waals surface area contributed by atoms with Gasteiger partial charge in [0.1, 0.15) is 24.4 Å². The van der Waals surface area contributed by atoms with Gasteiger partial charge < -0.3 is 30.4 Å². The molecule has 20 heavy (non-hydrogen) atoms. The van der Waals surface area contributed by atoms with Crippen LogP contribution in [0.15, 0.2) is 0 Å². The highest BCUT2D eigenvalue weighted by Gasteiger charge is 2.31. The van der Waals surface area contributed by atoms with Crippen molar-refractivity contribution in [2.75, 3.05) is 20.2 Å². The van der Waals surface area contributed by atoms with Gasteiger partial charge >= 0.3 is 0 Å². The number of hydrogen-bond donors (Lipinski definition) is 5. The molecule has 7 nitrogen and oxygen atoms in total. The van der Waals surface area contributed by atoms with E-state index in [9.17, 15) is 25.2 Å². The van der Waals surface area contributed by atoms with Crippen LogP contribution in [0.3, 0.4) is 0 Å². The van der Waals surface area contributed by atoms with Gasteiger partial charge in [-0.15, -0.1) is 0 Å². The number of rotatable bonds is 7. The van der Waals surface area contributed by atoms with Gasteiger partial charge in [0.05, 0.1) is 6.61 Å². The van der Waals surface area contributed by atoms with E-state index in [0.29, 0.717) is 0 Å². The number of aliphatic hydroxyl groups is 5. The van der Waals surface area contributed by atoms with Gasteiger partial charge in [0.2, 0.25) is 5.91 Å². The van der Waals surface area contributed by atoms with Crippen molar-refractivity contribution >= 4 is 5.91 Å². The van der Waals surface area contributed by atoms with Crippen molar-refractivity contribution in [2.45, 2.75) is 51.6 Å². The minimum atomic E-state index is -1.68. The SMILES string of the molecule is CN(CC(O)C(O)C(O)C(O)CO)C(=O)CC(C)(C)C. The lowest BCUT2D eigenvalue weighted by Crippen LogP contribution is -2.50. The summed E-state index contributed by atoms with van der Waals surface area (Å²) in [6.07, 6.45) is -6.01. The van der Waals surface area contributed by atoms with Gasteiger partial charge in [0.25, 0.3) is 0 Å². The molecule has 7 heteroatoms. The van der Waals surface area contributed by atoms with E-state index in [0.717, 1.165) is 0 Å². The third-order valence-corrected chi connectivity index (χ3v) is 2.89. The molecule has 0 aromatic rings. The highest BCUT2D eigenvalue weighted by molar-refractivity contribution is 5.76. The van der Waals surface area contributed by atoms with Crippen LogP contribution in [0.5, 0.6) is 0 Å². The second-order valence-electron chi connectivity index (χ2n) is 6.31. The third-order valence-electron chi connectivity index (χ3n) is 2.89. The molecule has 0 aliphatic heterocycles. The maximum absolute atomic E-state index is 11.9. The first-order valence-electron chi connectivity index (χ1n) is 6.56. The zero-order valence-corrected chi connectivity index (χ0v) is 12.5. The summed E-state index contributed by atoms with van der Waals surface area (Å²) in [5.41, 5.74) is -0.193. The van der Waals surface area contributed by atoms with Gasteiger partial charge in [-0.2, -0.15) is 0 Å². The zero-order valence-electron chi connectivity index (χ0n) is 12.5. The Morgan fingerprint density at radius 2 is 1.50 bits per heavy atom. The van der Waals surface area contributed by atoms with Crippen molar-refractivity contribution in [3.8, 4) is 0 Å². The van der Waals surface area contributed by atoms with Gasteiger partial charge in [-0.3, -0.25) is 4.79 Å². The van der Waals surface area contributed by atoms with E-state index in [1.807, 2.05) is 20.8 Å². The number of hydrogen-bond acceptors (Lipinski definition) is 6. The van der Waals surface area contributed by atoms with Gasteiger partial charge in [-0.05, 0) is 5.41 Å². The molecule has 4 unspecified atom stereocenters. The lowest BCUT2D eigenvalue weighted by atomic mass is 9.91. The molecule has 0 aliphatic carbocycles. The van der Waals surface area contributed by atoms with Gasteiger partial charge in [0.15, 0.2) is 0 Å². The number of carbonyl (C=O) groups excluding carboxylic acids is 1. The van der Waals surface area contributed by atoms with Crippen LogP contribution in [0, 0.1) is 5.41 Å². The summed E-state index contributed by atoms with van der Waals surface area (Å²) < 4.78 is 0. The maximum Gasteiger partial charge on any atom is 0.222 e. The standard InChI is InChI=1S/C13H27NO6/c1-13(2,3)5-10(18)14(4)6-8(16)11(19)12(20)9(17)7-15/h8-9,11-12,15-17,19-20H,5-7H2,1-4H3. The molecule has 0 rings (SSSR count). The third kappa shape index (κ3) is 6.62. The topological polar surface area (TPSA) is 121 Å². The van der Waals surface area contributed by atoms with Crippen molar-refractivity contribution < 1.29 is 30.3 Å². The molecule has 0 spiro atoms. The summed E-state index contributed by atoms with van der Waals surface area (Å²) in [7, 11) is 1.48. The Hall–Kier alpha value is -0.730. The molecule has 0 aliphatic rings. The minimum absolute atomic E-state index is 0.175. The van der Waals surface area contributed by atoms with E-state index in [1.165, 1.54) is 11.9 Å². The summed E-state index contributed by atoms with van der Waals surface area (Å²) in [6.45, 7) is 4.82. The molecule has 0 heterocycles. The molecule has 0 aromatic carbocycles. The van der Waals surface area contributed by atoms with Crippen LogP contribution in [-0.2, 0) is 4.79 Å². The predicted octanol–water partition coefficient (Wildman–Crippen LogP) is -1.68. The molecule has 0 radical (unpaired) electrons. The summed E-state index contributed by atoms with van der Waals surface area (Å²) in [4.78, 5) is 13.1. The molecule has 0 fully saturated rings. The van der Waals surface area contributed by atoms with E-state index in [-0.39, 0.29) is 24.3 Å². The van der Waals surface area contributed by atoms with Crippen molar-refractivity contribution in [1.82, 2.24) is 4.90 Å². The maximum atomic E-state index is 11.9. The van der Waals surface area contributed by atoms with Crippen LogP contribution in [0.2, 0.25) is 0 Å². The van der Waals surface area contributed by atoms with E-state index in [1.54, 1.807) is 0 Å². The smallest absolute Gasteiger partial charge is 0.222 e. The molecule has 1 amide bonds. The van der Waals surface area contributed by atoms with E-state index in [4.69, 9.17) is 5.11 Å². The van der Waals surface area contributed by atoms with Gasteiger partial charge in [-0.25, -0.2) is 0 Å². The fourth-order valence-corrected chi connectivity index (χ4v) is 1.64. The fourth-order valence-electron chi connectivity index (χ4n) is 1.64. The average molecular weight is 293 g/mol. The number of carbonyl (C=O) groups is 1. The summed E-state index contributed by atoms with van der Waals surface area (Å²) in [5, 5.41) is 46.7. The molecule has 120 valence electrons. The lowest BCUT2D eigenvalue weighted by molar-refractivity contribution is -0.139. The lowest BCUT2D eigenvalue weighted by Gasteiger charge is -2.29. The van der Waals surface area contributed by atoms with Crippen molar-refractivity contribution in [2.24, 2.45) is 5.41 Å². The number of aliphatic hydroxyl groups excluding tert-OH is 5. The Labute approximate surface area is 119 Å². The Kier molecular flexibility index (Phi) is 7.61. The molecular weight excluding hydrogens is 266 g/mol. The summed E-state index contributed by atoms with van der Waals surface area (Å²) >= 11 is 0. The van der Waals surface area contributed by atoms with E-state index < -0.39 is 31.0 Å². The van der Waals surface area contributed by atoms with Crippen LogP contribution in [0.4, 0.5) is 0 Å². The minimum Gasteiger partial charge on any atom is -0.394 e. The first-order valence-corrected chi connectivity index (χ1v) is 6.56. The molecule has 4 atom stereocenters.